The zero-order valence-corrected chi connectivity index (χ0v) is 12.8. The van der Waals surface area contributed by atoms with Crippen molar-refractivity contribution in [1.29, 1.82) is 0 Å². The van der Waals surface area contributed by atoms with Gasteiger partial charge in [-0.2, -0.15) is 5.10 Å². The number of hydrogen-bond donors (Lipinski definition) is 2. The van der Waals surface area contributed by atoms with Gasteiger partial charge in [-0.25, -0.2) is 4.98 Å². The van der Waals surface area contributed by atoms with Crippen molar-refractivity contribution >= 4 is 11.9 Å². The van der Waals surface area contributed by atoms with E-state index in [9.17, 15) is 14.7 Å². The number of carboxylic acids is 1. The summed E-state index contributed by atoms with van der Waals surface area (Å²) in [5, 5.41) is 15.7. The lowest BCUT2D eigenvalue weighted by molar-refractivity contribution is -0.143. The summed E-state index contributed by atoms with van der Waals surface area (Å²) < 4.78 is 0. The summed E-state index contributed by atoms with van der Waals surface area (Å²) in [5.41, 5.74) is 1.39. The summed E-state index contributed by atoms with van der Waals surface area (Å²) in [6.45, 7) is 2.22. The van der Waals surface area contributed by atoms with Crippen molar-refractivity contribution in [3.8, 4) is 11.4 Å². The first-order chi connectivity index (χ1) is 11.1. The number of likely N-dealkylation sites (tertiary alicyclic amines) is 1. The molecule has 120 valence electrons. The minimum Gasteiger partial charge on any atom is -0.481 e. The monoisotopic (exact) mass is 314 g/mol. The van der Waals surface area contributed by atoms with Crippen molar-refractivity contribution in [3.05, 3.63) is 36.2 Å². The molecule has 0 spiro atoms. The molecule has 1 saturated heterocycles. The molecule has 0 bridgehead atoms. The number of aromatic nitrogens is 3. The molecule has 2 unspecified atom stereocenters. The maximum Gasteiger partial charge on any atom is 0.308 e. The second-order valence-electron chi connectivity index (χ2n) is 5.83. The van der Waals surface area contributed by atoms with Gasteiger partial charge in [-0.05, 0) is 31.9 Å². The lowest BCUT2D eigenvalue weighted by Gasteiger charge is -2.36. The van der Waals surface area contributed by atoms with E-state index in [2.05, 4.69) is 15.2 Å². The molecule has 1 aliphatic heterocycles. The van der Waals surface area contributed by atoms with Gasteiger partial charge in [-0.1, -0.05) is 12.1 Å². The largest absolute Gasteiger partial charge is 0.481 e. The van der Waals surface area contributed by atoms with Gasteiger partial charge in [0.25, 0.3) is 5.91 Å². The number of carbonyl (C=O) groups excluding carboxylic acids is 1. The molecule has 2 atom stereocenters. The van der Waals surface area contributed by atoms with Gasteiger partial charge in [-0.15, -0.1) is 0 Å². The fraction of sp³-hybridized carbons (Fsp3) is 0.375. The van der Waals surface area contributed by atoms with Crippen LogP contribution in [-0.2, 0) is 4.79 Å². The van der Waals surface area contributed by atoms with Crippen LogP contribution >= 0.6 is 0 Å². The van der Waals surface area contributed by atoms with E-state index in [4.69, 9.17) is 0 Å². The molecular formula is C16H18N4O3. The molecule has 0 saturated carbocycles. The predicted molar refractivity (Wildman–Crippen MR) is 82.7 cm³/mol. The van der Waals surface area contributed by atoms with Crippen LogP contribution in [0, 0.1) is 5.92 Å². The minimum atomic E-state index is -0.838. The number of hydrogen-bond acceptors (Lipinski definition) is 4. The van der Waals surface area contributed by atoms with Crippen molar-refractivity contribution in [1.82, 2.24) is 20.1 Å². The average Bonchev–Trinajstić information content (AvgIpc) is 3.09. The van der Waals surface area contributed by atoms with Crippen molar-refractivity contribution in [2.45, 2.75) is 25.8 Å². The first-order valence-electron chi connectivity index (χ1n) is 7.56. The van der Waals surface area contributed by atoms with Crippen molar-refractivity contribution in [3.63, 3.8) is 0 Å². The second kappa shape index (κ2) is 6.20. The minimum absolute atomic E-state index is 0.0482. The Balaban J connectivity index is 1.77. The van der Waals surface area contributed by atoms with E-state index in [1.165, 1.54) is 6.33 Å². The van der Waals surface area contributed by atoms with Crippen LogP contribution in [0.25, 0.3) is 11.4 Å². The average molecular weight is 314 g/mol. The molecule has 1 aliphatic rings. The maximum absolute atomic E-state index is 12.7. The van der Waals surface area contributed by atoms with Gasteiger partial charge < -0.3 is 10.0 Å². The van der Waals surface area contributed by atoms with Gasteiger partial charge in [-0.3, -0.25) is 14.7 Å². The third kappa shape index (κ3) is 3.08. The highest BCUT2D eigenvalue weighted by atomic mass is 16.4. The number of nitrogens with zero attached hydrogens (tertiary/aromatic N) is 3. The van der Waals surface area contributed by atoms with E-state index in [1.54, 1.807) is 29.2 Å². The van der Waals surface area contributed by atoms with Gasteiger partial charge in [0.05, 0.1) is 5.92 Å². The number of piperidine rings is 1. The molecule has 2 aromatic rings. The fourth-order valence-electron chi connectivity index (χ4n) is 2.87. The number of aromatic amines is 1. The van der Waals surface area contributed by atoms with Gasteiger partial charge >= 0.3 is 5.97 Å². The molecule has 1 aromatic carbocycles. The Kier molecular flexibility index (Phi) is 4.10. The molecule has 0 radical (unpaired) electrons. The zero-order chi connectivity index (χ0) is 16.4. The number of aliphatic carboxylic acids is 1. The third-order valence-corrected chi connectivity index (χ3v) is 4.31. The first-order valence-corrected chi connectivity index (χ1v) is 7.56. The van der Waals surface area contributed by atoms with E-state index in [1.807, 2.05) is 6.92 Å². The molecule has 1 aromatic heterocycles. The Morgan fingerprint density at radius 2 is 2.00 bits per heavy atom. The lowest BCUT2D eigenvalue weighted by Crippen LogP contribution is -2.47. The Hall–Kier alpha value is -2.70. The fourth-order valence-corrected chi connectivity index (χ4v) is 2.87. The van der Waals surface area contributed by atoms with E-state index in [0.29, 0.717) is 24.2 Å². The van der Waals surface area contributed by atoms with Crippen LogP contribution in [0.15, 0.2) is 30.6 Å². The number of rotatable bonds is 3. The highest BCUT2D eigenvalue weighted by molar-refractivity contribution is 5.95. The summed E-state index contributed by atoms with van der Waals surface area (Å²) in [6.07, 6.45) is 2.75. The van der Waals surface area contributed by atoms with E-state index in [0.717, 1.165) is 5.56 Å². The number of amides is 1. The molecule has 7 nitrogen and oxygen atoms in total. The summed E-state index contributed by atoms with van der Waals surface area (Å²) in [7, 11) is 0. The van der Waals surface area contributed by atoms with Crippen LogP contribution in [0.4, 0.5) is 0 Å². The predicted octanol–water partition coefficient (Wildman–Crippen LogP) is 1.80. The molecule has 2 heterocycles. The summed E-state index contributed by atoms with van der Waals surface area (Å²) in [5.74, 6) is -0.812. The van der Waals surface area contributed by atoms with Crippen LogP contribution in [0.3, 0.4) is 0 Å². The smallest absolute Gasteiger partial charge is 0.308 e. The Morgan fingerprint density at radius 1 is 1.26 bits per heavy atom. The molecule has 3 rings (SSSR count). The highest BCUT2D eigenvalue weighted by Crippen LogP contribution is 2.24. The topological polar surface area (TPSA) is 99.2 Å². The molecular weight excluding hydrogens is 296 g/mol. The molecule has 7 heteroatoms. The van der Waals surface area contributed by atoms with Gasteiger partial charge in [0, 0.05) is 23.7 Å². The first kappa shape index (κ1) is 15.2. The van der Waals surface area contributed by atoms with Gasteiger partial charge in [0.1, 0.15) is 6.33 Å². The zero-order valence-electron chi connectivity index (χ0n) is 12.8. The second-order valence-corrected chi connectivity index (χ2v) is 5.83. The SMILES string of the molecule is CC1CCC(C(=O)O)CN1C(=O)c1ccc(-c2ncn[nH]2)cc1. The third-order valence-electron chi connectivity index (χ3n) is 4.31. The number of benzene rings is 1. The normalized spacial score (nSPS) is 21.2. The van der Waals surface area contributed by atoms with Crippen LogP contribution in [-0.4, -0.2) is 49.7 Å². The van der Waals surface area contributed by atoms with Crippen LogP contribution in [0.2, 0.25) is 0 Å². The summed E-state index contributed by atoms with van der Waals surface area (Å²) >= 11 is 0. The van der Waals surface area contributed by atoms with Crippen molar-refractivity contribution in [2.24, 2.45) is 5.92 Å². The quantitative estimate of drug-likeness (QED) is 0.900. The van der Waals surface area contributed by atoms with Crippen LogP contribution in [0.1, 0.15) is 30.1 Å². The number of carboxylic acid groups (broad SMARTS) is 1. The molecule has 2 N–H and O–H groups in total. The van der Waals surface area contributed by atoms with Gasteiger partial charge in [0.2, 0.25) is 0 Å². The number of carbonyl (C=O) groups is 2. The summed E-state index contributed by atoms with van der Waals surface area (Å²) in [6, 6.07) is 7.12. The Bertz CT molecular complexity index is 697. The van der Waals surface area contributed by atoms with E-state index in [-0.39, 0.29) is 18.5 Å². The highest BCUT2D eigenvalue weighted by Gasteiger charge is 2.32. The lowest BCUT2D eigenvalue weighted by atomic mass is 9.93. The van der Waals surface area contributed by atoms with E-state index < -0.39 is 11.9 Å². The Morgan fingerprint density at radius 3 is 2.61 bits per heavy atom. The van der Waals surface area contributed by atoms with Crippen molar-refractivity contribution in [2.75, 3.05) is 6.54 Å². The molecule has 0 aliphatic carbocycles. The number of H-pyrrole nitrogens is 1. The van der Waals surface area contributed by atoms with Crippen LogP contribution in [0.5, 0.6) is 0 Å². The van der Waals surface area contributed by atoms with Crippen LogP contribution < -0.4 is 0 Å². The number of nitrogens with one attached hydrogen (secondary N) is 1. The standard InChI is InChI=1S/C16H18N4O3/c1-10-2-3-13(16(22)23)8-20(10)15(21)12-6-4-11(5-7-12)14-17-9-18-19-14/h4-7,9-10,13H,2-3,8H2,1H3,(H,22,23)(H,17,18,19). The molecule has 1 amide bonds. The maximum atomic E-state index is 12.7. The molecule has 23 heavy (non-hydrogen) atoms. The molecule has 1 fully saturated rings. The van der Waals surface area contributed by atoms with Gasteiger partial charge in [0.15, 0.2) is 5.82 Å². The van der Waals surface area contributed by atoms with Crippen molar-refractivity contribution < 1.29 is 14.7 Å². The Labute approximate surface area is 133 Å². The summed E-state index contributed by atoms with van der Waals surface area (Å²) in [4.78, 5) is 29.6. The van der Waals surface area contributed by atoms with E-state index >= 15 is 0 Å².